The van der Waals surface area contributed by atoms with Crippen molar-refractivity contribution in [2.45, 2.75) is 25.7 Å². The van der Waals surface area contributed by atoms with Crippen LogP contribution in [0.5, 0.6) is 0 Å². The van der Waals surface area contributed by atoms with Crippen molar-refractivity contribution < 1.29 is 14.7 Å². The molecule has 0 aromatic carbocycles. The molecule has 1 aliphatic heterocycles. The molecule has 4 nitrogen and oxygen atoms in total. The molecule has 1 unspecified atom stereocenters. The minimum atomic E-state index is -0.775. The zero-order chi connectivity index (χ0) is 11.3. The van der Waals surface area contributed by atoms with Gasteiger partial charge in [-0.25, -0.2) is 0 Å². The molecule has 0 bridgehead atoms. The van der Waals surface area contributed by atoms with Crippen LogP contribution in [0.25, 0.3) is 0 Å². The molecule has 0 spiro atoms. The van der Waals surface area contributed by atoms with E-state index < -0.39 is 5.97 Å². The van der Waals surface area contributed by atoms with Gasteiger partial charge in [0.15, 0.2) is 0 Å². The molecule has 82 valence electrons. The predicted octanol–water partition coefficient (Wildman–Crippen LogP) is 0.723. The normalized spacial score (nSPS) is 19.9. The van der Waals surface area contributed by atoms with Crippen molar-refractivity contribution in [2.75, 3.05) is 13.1 Å². The third-order valence-corrected chi connectivity index (χ3v) is 2.66. The van der Waals surface area contributed by atoms with Crippen LogP contribution in [0.4, 0.5) is 0 Å². The highest BCUT2D eigenvalue weighted by atomic mass is 16.4. The van der Waals surface area contributed by atoms with Crippen molar-refractivity contribution in [1.29, 1.82) is 0 Å². The van der Waals surface area contributed by atoms with Gasteiger partial charge in [-0.1, -0.05) is 5.92 Å². The molecule has 1 fully saturated rings. The number of carbonyl (C=O) groups is 2. The van der Waals surface area contributed by atoms with Gasteiger partial charge in [0.25, 0.3) is 0 Å². The third kappa shape index (κ3) is 3.62. The zero-order valence-electron chi connectivity index (χ0n) is 8.61. The summed E-state index contributed by atoms with van der Waals surface area (Å²) >= 11 is 0. The van der Waals surface area contributed by atoms with E-state index in [9.17, 15) is 9.59 Å². The average Bonchev–Trinajstić information content (AvgIpc) is 2.63. The molecule has 0 aliphatic carbocycles. The quantitative estimate of drug-likeness (QED) is 0.694. The van der Waals surface area contributed by atoms with Crippen molar-refractivity contribution in [2.24, 2.45) is 5.92 Å². The molecule has 1 rings (SSSR count). The second-order valence-electron chi connectivity index (χ2n) is 3.81. The molecule has 0 saturated carbocycles. The lowest BCUT2D eigenvalue weighted by molar-refractivity contribution is -0.137. The maximum absolute atomic E-state index is 11.4. The molecule has 0 aromatic heterocycles. The maximum atomic E-state index is 11.4. The summed E-state index contributed by atoms with van der Waals surface area (Å²) < 4.78 is 0. The number of rotatable bonds is 4. The molecule has 4 heteroatoms. The van der Waals surface area contributed by atoms with Crippen molar-refractivity contribution in [3.05, 3.63) is 0 Å². The second-order valence-corrected chi connectivity index (χ2v) is 3.81. The van der Waals surface area contributed by atoms with Crippen LogP contribution in [-0.2, 0) is 9.59 Å². The zero-order valence-corrected chi connectivity index (χ0v) is 8.61. The van der Waals surface area contributed by atoms with E-state index in [1.165, 1.54) is 0 Å². The molecular formula is C11H15NO3. The van der Waals surface area contributed by atoms with Crippen molar-refractivity contribution in [1.82, 2.24) is 4.90 Å². The number of carboxylic acid groups (broad SMARTS) is 1. The van der Waals surface area contributed by atoms with E-state index in [-0.39, 0.29) is 18.7 Å². The summed E-state index contributed by atoms with van der Waals surface area (Å²) in [5.41, 5.74) is 0. The van der Waals surface area contributed by atoms with Crippen LogP contribution in [0.15, 0.2) is 0 Å². The molecule has 1 amide bonds. The van der Waals surface area contributed by atoms with Crippen LogP contribution in [0, 0.1) is 18.3 Å². The Bertz CT molecular complexity index is 293. The Morgan fingerprint density at radius 1 is 1.53 bits per heavy atom. The molecule has 15 heavy (non-hydrogen) atoms. The predicted molar refractivity (Wildman–Crippen MR) is 55.0 cm³/mol. The number of nitrogens with zero attached hydrogens (tertiary/aromatic N) is 1. The summed E-state index contributed by atoms with van der Waals surface area (Å²) in [4.78, 5) is 23.5. The van der Waals surface area contributed by atoms with Crippen molar-refractivity contribution in [3.63, 3.8) is 0 Å². The highest BCUT2D eigenvalue weighted by Gasteiger charge is 2.25. The standard InChI is InChI=1S/C11H15NO3/c1-2-3-10(13)12-7-6-9(8-12)4-5-11(14)15/h1,9H,3-8H2,(H,14,15). The smallest absolute Gasteiger partial charge is 0.303 e. The van der Waals surface area contributed by atoms with E-state index in [0.717, 1.165) is 6.42 Å². The topological polar surface area (TPSA) is 57.6 Å². The van der Waals surface area contributed by atoms with Crippen LogP contribution in [-0.4, -0.2) is 35.0 Å². The number of hydrogen-bond donors (Lipinski definition) is 1. The first-order chi connectivity index (χ1) is 7.13. The van der Waals surface area contributed by atoms with Gasteiger partial charge in [0, 0.05) is 19.5 Å². The molecule has 1 saturated heterocycles. The third-order valence-electron chi connectivity index (χ3n) is 2.66. The number of aliphatic carboxylic acids is 1. The Balaban J connectivity index is 2.30. The summed E-state index contributed by atoms with van der Waals surface area (Å²) in [6, 6.07) is 0. The van der Waals surface area contributed by atoms with Gasteiger partial charge in [-0.3, -0.25) is 9.59 Å². The number of hydrogen-bond acceptors (Lipinski definition) is 2. The van der Waals surface area contributed by atoms with E-state index in [1.807, 2.05) is 0 Å². The number of terminal acetylenes is 1. The first kappa shape index (κ1) is 11.6. The molecular weight excluding hydrogens is 194 g/mol. The molecule has 1 atom stereocenters. The minimum absolute atomic E-state index is 0.0182. The molecule has 1 aliphatic rings. The average molecular weight is 209 g/mol. The monoisotopic (exact) mass is 209 g/mol. The summed E-state index contributed by atoms with van der Waals surface area (Å²) in [6.07, 6.45) is 6.92. The number of likely N-dealkylation sites (tertiary alicyclic amines) is 1. The minimum Gasteiger partial charge on any atom is -0.481 e. The van der Waals surface area contributed by atoms with Gasteiger partial charge >= 0.3 is 5.97 Å². The van der Waals surface area contributed by atoms with E-state index in [2.05, 4.69) is 5.92 Å². The Morgan fingerprint density at radius 2 is 2.27 bits per heavy atom. The van der Waals surface area contributed by atoms with E-state index in [1.54, 1.807) is 4.90 Å². The van der Waals surface area contributed by atoms with Gasteiger partial charge < -0.3 is 10.0 Å². The van der Waals surface area contributed by atoms with Gasteiger partial charge in [0.05, 0.1) is 6.42 Å². The number of amides is 1. The van der Waals surface area contributed by atoms with Crippen LogP contribution < -0.4 is 0 Å². The van der Waals surface area contributed by atoms with Gasteiger partial charge in [-0.15, -0.1) is 6.42 Å². The van der Waals surface area contributed by atoms with Crippen LogP contribution >= 0.6 is 0 Å². The molecule has 1 heterocycles. The van der Waals surface area contributed by atoms with Gasteiger partial charge in [0.2, 0.25) is 5.91 Å². The van der Waals surface area contributed by atoms with E-state index >= 15 is 0 Å². The maximum Gasteiger partial charge on any atom is 0.303 e. The van der Waals surface area contributed by atoms with Crippen molar-refractivity contribution >= 4 is 11.9 Å². The fourth-order valence-electron chi connectivity index (χ4n) is 1.82. The van der Waals surface area contributed by atoms with E-state index in [4.69, 9.17) is 11.5 Å². The SMILES string of the molecule is C#CCC(=O)N1CCC(CCC(=O)O)C1. The number of carbonyl (C=O) groups excluding carboxylic acids is 1. The van der Waals surface area contributed by atoms with Crippen LogP contribution in [0.1, 0.15) is 25.7 Å². The van der Waals surface area contributed by atoms with Gasteiger partial charge in [0.1, 0.15) is 0 Å². The van der Waals surface area contributed by atoms with Gasteiger partial charge in [-0.2, -0.15) is 0 Å². The summed E-state index contributed by atoms with van der Waals surface area (Å²) in [7, 11) is 0. The highest BCUT2D eigenvalue weighted by Crippen LogP contribution is 2.21. The van der Waals surface area contributed by atoms with E-state index in [0.29, 0.717) is 25.4 Å². The summed E-state index contributed by atoms with van der Waals surface area (Å²) in [5, 5.41) is 8.53. The second kappa shape index (κ2) is 5.40. The van der Waals surface area contributed by atoms with Crippen LogP contribution in [0.2, 0.25) is 0 Å². The Labute approximate surface area is 89.3 Å². The summed E-state index contributed by atoms with van der Waals surface area (Å²) in [6.45, 7) is 1.37. The molecule has 0 radical (unpaired) electrons. The molecule has 0 aromatic rings. The first-order valence-corrected chi connectivity index (χ1v) is 5.06. The lowest BCUT2D eigenvalue weighted by Gasteiger charge is -2.14. The van der Waals surface area contributed by atoms with Gasteiger partial charge in [-0.05, 0) is 18.8 Å². The fraction of sp³-hybridized carbons (Fsp3) is 0.636. The van der Waals surface area contributed by atoms with Crippen molar-refractivity contribution in [3.8, 4) is 12.3 Å². The lowest BCUT2D eigenvalue weighted by Crippen LogP contribution is -2.28. The molecule has 1 N–H and O–H groups in total. The first-order valence-electron chi connectivity index (χ1n) is 5.06. The largest absolute Gasteiger partial charge is 0.481 e. The van der Waals surface area contributed by atoms with Crippen LogP contribution in [0.3, 0.4) is 0 Å². The fourth-order valence-corrected chi connectivity index (χ4v) is 1.82. The number of carboxylic acids is 1. The highest BCUT2D eigenvalue weighted by molar-refractivity contribution is 5.78. The summed E-state index contributed by atoms with van der Waals surface area (Å²) in [5.74, 6) is 1.85. The Hall–Kier alpha value is -1.50. The lowest BCUT2D eigenvalue weighted by atomic mass is 10.0. The Kier molecular flexibility index (Phi) is 4.17. The Morgan fingerprint density at radius 3 is 2.87 bits per heavy atom.